The Hall–Kier alpha value is -3.68. The minimum Gasteiger partial charge on any atom is -0.493 e. The molecule has 0 radical (unpaired) electrons. The molecule has 8 heteroatoms. The predicted molar refractivity (Wildman–Crippen MR) is 115 cm³/mol. The number of nitrogens with zero attached hydrogens (tertiary/aromatic N) is 2. The topological polar surface area (TPSA) is 97.3 Å². The van der Waals surface area contributed by atoms with Crippen LogP contribution >= 0.6 is 0 Å². The number of barbiturate groups is 1. The Morgan fingerprint density at radius 2 is 1.71 bits per heavy atom. The zero-order valence-corrected chi connectivity index (χ0v) is 17.5. The summed E-state index contributed by atoms with van der Waals surface area (Å²) in [4.78, 5) is 42.4. The lowest BCUT2D eigenvalue weighted by Crippen LogP contribution is -2.58. The van der Waals surface area contributed by atoms with E-state index in [4.69, 9.17) is 9.47 Å². The van der Waals surface area contributed by atoms with Crippen LogP contribution in [0.1, 0.15) is 11.1 Å². The molecule has 2 aromatic rings. The van der Waals surface area contributed by atoms with Crippen molar-refractivity contribution < 1.29 is 23.9 Å². The lowest BCUT2D eigenvalue weighted by atomic mass is 10.1. The Morgan fingerprint density at radius 1 is 0.968 bits per heavy atom. The Balaban J connectivity index is 1.61. The summed E-state index contributed by atoms with van der Waals surface area (Å²) in [6.45, 7) is 0.572. The fourth-order valence-corrected chi connectivity index (χ4v) is 3.27. The molecular formula is C23H25N3O5. The van der Waals surface area contributed by atoms with Crippen LogP contribution in [0, 0.1) is 5.92 Å². The third-order valence-corrected chi connectivity index (χ3v) is 4.99. The molecule has 0 spiro atoms. The van der Waals surface area contributed by atoms with Crippen molar-refractivity contribution in [2.45, 2.75) is 12.8 Å². The van der Waals surface area contributed by atoms with E-state index < -0.39 is 23.8 Å². The summed E-state index contributed by atoms with van der Waals surface area (Å²) in [6, 6.07) is 14.5. The molecule has 8 nitrogen and oxygen atoms in total. The first-order chi connectivity index (χ1) is 15.0. The fourth-order valence-electron chi connectivity index (χ4n) is 3.27. The maximum atomic E-state index is 12.8. The number of ether oxygens (including phenoxy) is 2. The van der Waals surface area contributed by atoms with Gasteiger partial charge in [-0.25, -0.2) is 4.79 Å². The van der Waals surface area contributed by atoms with E-state index >= 15 is 0 Å². The first kappa shape index (κ1) is 22.0. The lowest BCUT2D eigenvalue weighted by molar-refractivity contribution is -0.139. The summed E-state index contributed by atoms with van der Waals surface area (Å²) in [5.41, 5.74) is 1.98. The van der Waals surface area contributed by atoms with Crippen molar-refractivity contribution in [3.05, 3.63) is 59.7 Å². The number of aliphatic imine (C=N–C) groups is 1. The molecular weight excluding hydrogens is 398 g/mol. The number of hydrogen-bond donors (Lipinski definition) is 1. The largest absolute Gasteiger partial charge is 0.493 e. The summed E-state index contributed by atoms with van der Waals surface area (Å²) < 4.78 is 10.5. The van der Waals surface area contributed by atoms with Crippen molar-refractivity contribution in [3.63, 3.8) is 0 Å². The first-order valence-electron chi connectivity index (χ1n) is 9.94. The van der Waals surface area contributed by atoms with Gasteiger partial charge in [0, 0.05) is 19.3 Å². The van der Waals surface area contributed by atoms with E-state index in [-0.39, 0.29) is 6.54 Å². The third kappa shape index (κ3) is 5.48. The maximum Gasteiger partial charge on any atom is 0.330 e. The van der Waals surface area contributed by atoms with Gasteiger partial charge >= 0.3 is 6.03 Å². The molecule has 1 aliphatic rings. The van der Waals surface area contributed by atoms with Gasteiger partial charge < -0.3 is 9.47 Å². The Morgan fingerprint density at radius 3 is 2.42 bits per heavy atom. The van der Waals surface area contributed by atoms with Crippen LogP contribution in [0.15, 0.2) is 53.5 Å². The second kappa shape index (κ2) is 10.4. The van der Waals surface area contributed by atoms with Gasteiger partial charge in [-0.3, -0.25) is 24.8 Å². The van der Waals surface area contributed by atoms with Gasteiger partial charge in [0.25, 0.3) is 0 Å². The molecule has 1 atom stereocenters. The highest BCUT2D eigenvalue weighted by atomic mass is 16.5. The number of hydrogen-bond acceptors (Lipinski definition) is 6. The smallest absolute Gasteiger partial charge is 0.330 e. The number of carbonyl (C=O) groups excluding carboxylic acids is 3. The molecule has 0 aromatic heterocycles. The molecule has 1 aliphatic heterocycles. The van der Waals surface area contributed by atoms with E-state index in [1.165, 1.54) is 13.3 Å². The predicted octanol–water partition coefficient (Wildman–Crippen LogP) is 2.25. The first-order valence-corrected chi connectivity index (χ1v) is 9.94. The van der Waals surface area contributed by atoms with Gasteiger partial charge in [0.15, 0.2) is 17.4 Å². The molecule has 1 saturated heterocycles. The van der Waals surface area contributed by atoms with Crippen LogP contribution in [0.3, 0.4) is 0 Å². The number of rotatable bonds is 9. The van der Waals surface area contributed by atoms with Crippen LogP contribution in [0.4, 0.5) is 4.79 Å². The van der Waals surface area contributed by atoms with Crippen molar-refractivity contribution in [1.29, 1.82) is 0 Å². The average Bonchev–Trinajstić information content (AvgIpc) is 2.78. The van der Waals surface area contributed by atoms with Gasteiger partial charge in [0.05, 0.1) is 14.2 Å². The lowest BCUT2D eigenvalue weighted by Gasteiger charge is -2.28. The summed E-state index contributed by atoms with van der Waals surface area (Å²) in [5.74, 6) is -1.18. The van der Waals surface area contributed by atoms with E-state index in [0.717, 1.165) is 16.0 Å². The van der Waals surface area contributed by atoms with Crippen LogP contribution in [0.5, 0.6) is 11.5 Å². The summed E-state index contributed by atoms with van der Waals surface area (Å²) in [5, 5.41) is 2.24. The van der Waals surface area contributed by atoms with Crippen LogP contribution < -0.4 is 14.8 Å². The number of urea groups is 1. The Bertz CT molecular complexity index is 974. The average molecular weight is 423 g/mol. The van der Waals surface area contributed by atoms with Gasteiger partial charge in [-0.2, -0.15) is 0 Å². The summed E-state index contributed by atoms with van der Waals surface area (Å²) in [6.07, 6.45) is 2.43. The second-order valence-corrected chi connectivity index (χ2v) is 6.99. The van der Waals surface area contributed by atoms with Crippen LogP contribution in [-0.2, 0) is 22.4 Å². The van der Waals surface area contributed by atoms with E-state index in [9.17, 15) is 14.4 Å². The van der Waals surface area contributed by atoms with Crippen molar-refractivity contribution in [2.75, 3.05) is 27.3 Å². The number of carbonyl (C=O) groups is 3. The van der Waals surface area contributed by atoms with Gasteiger partial charge in [-0.05, 0) is 36.1 Å². The van der Waals surface area contributed by atoms with Crippen molar-refractivity contribution >= 4 is 24.1 Å². The monoisotopic (exact) mass is 423 g/mol. The zero-order valence-electron chi connectivity index (χ0n) is 17.5. The Labute approximate surface area is 180 Å². The minimum atomic E-state index is -1.11. The highest BCUT2D eigenvalue weighted by Gasteiger charge is 2.39. The second-order valence-electron chi connectivity index (χ2n) is 6.99. The van der Waals surface area contributed by atoms with E-state index in [0.29, 0.717) is 30.9 Å². The molecule has 0 aliphatic carbocycles. The van der Waals surface area contributed by atoms with Gasteiger partial charge in [-0.1, -0.05) is 36.4 Å². The molecule has 1 fully saturated rings. The fraction of sp³-hybridized carbons (Fsp3) is 0.304. The van der Waals surface area contributed by atoms with Crippen molar-refractivity contribution in [1.82, 2.24) is 10.2 Å². The maximum absolute atomic E-state index is 12.8. The summed E-state index contributed by atoms with van der Waals surface area (Å²) >= 11 is 0. The molecule has 1 heterocycles. The molecule has 0 bridgehead atoms. The molecule has 2 aromatic carbocycles. The molecule has 4 amide bonds. The standard InChI is InChI=1S/C23H25N3O5/c1-30-19-9-8-17(14-20(19)31-2)11-13-26-22(28)18(21(27)25-23(26)29)15-24-12-10-16-6-4-3-5-7-16/h3-9,14-15,18H,10-13H2,1-2H3,(H,25,27,29)/t18-/m0/s1. The zero-order chi connectivity index (χ0) is 22.2. The van der Waals surface area contributed by atoms with E-state index in [1.54, 1.807) is 19.2 Å². The normalized spacial score (nSPS) is 16.5. The van der Waals surface area contributed by atoms with Crippen LogP contribution in [0.25, 0.3) is 0 Å². The third-order valence-electron chi connectivity index (χ3n) is 4.99. The number of imide groups is 2. The minimum absolute atomic E-state index is 0.127. The van der Waals surface area contributed by atoms with Gasteiger partial charge in [0.2, 0.25) is 11.8 Å². The highest BCUT2D eigenvalue weighted by Crippen LogP contribution is 2.27. The summed E-state index contributed by atoms with van der Waals surface area (Å²) in [7, 11) is 3.09. The molecule has 31 heavy (non-hydrogen) atoms. The SMILES string of the molecule is COc1ccc(CCN2C(=O)NC(=O)[C@H](C=NCCc3ccccc3)C2=O)cc1OC. The number of methoxy groups -OCH3 is 2. The van der Waals surface area contributed by atoms with Crippen molar-refractivity contribution in [2.24, 2.45) is 10.9 Å². The molecule has 162 valence electrons. The molecule has 3 rings (SSSR count). The Kier molecular flexibility index (Phi) is 7.37. The molecule has 0 unspecified atom stereocenters. The number of amides is 4. The van der Waals surface area contributed by atoms with Crippen LogP contribution in [-0.4, -0.2) is 56.3 Å². The van der Waals surface area contributed by atoms with Crippen LogP contribution in [0.2, 0.25) is 0 Å². The molecule has 0 saturated carbocycles. The molecule has 1 N–H and O–H groups in total. The highest BCUT2D eigenvalue weighted by molar-refractivity contribution is 6.23. The van der Waals surface area contributed by atoms with E-state index in [2.05, 4.69) is 10.3 Å². The van der Waals surface area contributed by atoms with Gasteiger partial charge in [-0.15, -0.1) is 0 Å². The van der Waals surface area contributed by atoms with Gasteiger partial charge in [0.1, 0.15) is 0 Å². The number of nitrogens with one attached hydrogen (secondary N) is 1. The quantitative estimate of drug-likeness (QED) is 0.493. The van der Waals surface area contributed by atoms with E-state index in [1.807, 2.05) is 36.4 Å². The number of benzene rings is 2. The van der Waals surface area contributed by atoms with Crippen molar-refractivity contribution in [3.8, 4) is 11.5 Å².